The van der Waals surface area contributed by atoms with Crippen molar-refractivity contribution < 1.29 is 14.0 Å². The molecule has 0 unspecified atom stereocenters. The Kier molecular flexibility index (Phi) is 3.57. The molecule has 2 heterocycles. The van der Waals surface area contributed by atoms with Crippen molar-refractivity contribution in [2.45, 2.75) is 51.6 Å². The molecule has 1 aromatic heterocycles. The number of piperazine rings is 1. The van der Waals surface area contributed by atoms with Gasteiger partial charge in [-0.25, -0.2) is 4.79 Å². The van der Waals surface area contributed by atoms with Crippen LogP contribution in [0.2, 0.25) is 0 Å². The summed E-state index contributed by atoms with van der Waals surface area (Å²) in [6, 6.07) is 0.00345. The second-order valence-electron chi connectivity index (χ2n) is 5.74. The zero-order chi connectivity index (χ0) is 15.0. The topological polar surface area (TPSA) is 87.5 Å². The lowest BCUT2D eigenvalue weighted by Gasteiger charge is -2.43. The molecule has 1 aliphatic carbocycles. The van der Waals surface area contributed by atoms with Crippen molar-refractivity contribution in [3.63, 3.8) is 0 Å². The molecule has 1 saturated carbocycles. The fourth-order valence-corrected chi connectivity index (χ4v) is 3.09. The van der Waals surface area contributed by atoms with Crippen LogP contribution in [0, 0.1) is 13.8 Å². The number of hydrogen-bond acceptors (Lipinski definition) is 4. The van der Waals surface area contributed by atoms with Gasteiger partial charge >= 0.3 is 12.0 Å². The van der Waals surface area contributed by atoms with E-state index in [1.165, 1.54) is 0 Å². The molecule has 3 rings (SSSR count). The van der Waals surface area contributed by atoms with Crippen molar-refractivity contribution in [3.05, 3.63) is 11.5 Å². The van der Waals surface area contributed by atoms with E-state index < -0.39 is 0 Å². The molecule has 1 aromatic rings. The van der Waals surface area contributed by atoms with Gasteiger partial charge in [-0.1, -0.05) is 12.8 Å². The quantitative estimate of drug-likeness (QED) is 0.822. The molecule has 7 heteroatoms. The average Bonchev–Trinajstić information content (AvgIpc) is 2.76. The lowest BCUT2D eigenvalue weighted by Crippen LogP contribution is -2.63. The Bertz CT molecular complexity index is 549. The number of anilines is 1. The summed E-state index contributed by atoms with van der Waals surface area (Å²) < 4.78 is 5.37. The first kappa shape index (κ1) is 13.9. The Morgan fingerprint density at radius 3 is 2.86 bits per heavy atom. The van der Waals surface area contributed by atoms with Crippen molar-refractivity contribution in [3.8, 4) is 0 Å². The number of aromatic nitrogens is 1. The summed E-state index contributed by atoms with van der Waals surface area (Å²) in [4.78, 5) is 29.9. The highest BCUT2D eigenvalue weighted by Gasteiger charge is 2.39. The molecule has 0 aromatic carbocycles. The van der Waals surface area contributed by atoms with Crippen molar-refractivity contribution >= 4 is 18.0 Å². The molecule has 1 saturated heterocycles. The summed E-state index contributed by atoms with van der Waals surface area (Å²) in [5.74, 6) is 0.574. The van der Waals surface area contributed by atoms with Gasteiger partial charge in [0.15, 0.2) is 0 Å². The number of aryl methyl sites for hydroxylation is 2. The van der Waals surface area contributed by atoms with Crippen LogP contribution < -0.4 is 10.6 Å². The highest BCUT2D eigenvalue weighted by atomic mass is 16.4. The fraction of sp³-hybridized carbons (Fsp3) is 0.643. The number of carbonyl (C=O) groups is 2. The highest BCUT2D eigenvalue weighted by molar-refractivity contribution is 5.92. The normalized spacial score (nSPS) is 25.2. The number of amides is 3. The molecule has 0 radical (unpaired) electrons. The average molecular weight is 292 g/mol. The predicted molar refractivity (Wildman–Crippen MR) is 75.9 cm³/mol. The lowest BCUT2D eigenvalue weighted by atomic mass is 9.87. The van der Waals surface area contributed by atoms with Gasteiger partial charge in [0, 0.05) is 6.04 Å². The Balaban J connectivity index is 1.74. The number of carbonyl (C=O) groups excluding carboxylic acids is 2. The Labute approximate surface area is 123 Å². The summed E-state index contributed by atoms with van der Waals surface area (Å²) >= 11 is 0. The van der Waals surface area contributed by atoms with Crippen LogP contribution in [0.4, 0.5) is 10.8 Å². The van der Waals surface area contributed by atoms with Crippen LogP contribution >= 0.6 is 0 Å². The molecule has 0 bridgehead atoms. The summed E-state index contributed by atoms with van der Waals surface area (Å²) in [7, 11) is 0. The van der Waals surface area contributed by atoms with Crippen LogP contribution in [-0.4, -0.2) is 40.5 Å². The van der Waals surface area contributed by atoms with E-state index in [4.69, 9.17) is 4.42 Å². The monoisotopic (exact) mass is 292 g/mol. The molecule has 2 atom stereocenters. The predicted octanol–water partition coefficient (Wildman–Crippen LogP) is 1.57. The molecule has 2 aliphatic rings. The largest absolute Gasteiger partial charge is 0.428 e. The Hall–Kier alpha value is -2.05. The molecule has 1 aliphatic heterocycles. The molecular weight excluding hydrogens is 272 g/mol. The number of nitrogens with zero attached hydrogens (tertiary/aromatic N) is 2. The summed E-state index contributed by atoms with van der Waals surface area (Å²) in [5, 5.41) is 5.64. The van der Waals surface area contributed by atoms with E-state index in [1.54, 1.807) is 11.8 Å². The molecule has 114 valence electrons. The molecule has 0 spiro atoms. The van der Waals surface area contributed by atoms with Gasteiger partial charge in [-0.3, -0.25) is 10.1 Å². The van der Waals surface area contributed by atoms with E-state index >= 15 is 0 Å². The third-order valence-corrected chi connectivity index (χ3v) is 4.29. The minimum atomic E-state index is -0.317. The van der Waals surface area contributed by atoms with Crippen LogP contribution in [0.25, 0.3) is 0 Å². The highest BCUT2D eigenvalue weighted by Crippen LogP contribution is 2.26. The van der Waals surface area contributed by atoms with Crippen LogP contribution in [0.5, 0.6) is 0 Å². The van der Waals surface area contributed by atoms with E-state index in [9.17, 15) is 9.59 Å². The number of fused-ring (bicyclic) bond motifs is 1. The number of oxazole rings is 1. The third kappa shape index (κ3) is 2.72. The lowest BCUT2D eigenvalue weighted by molar-refractivity contribution is -0.126. The standard InChI is InChI=1S/C14H20N4O3/c1-8-9(2)21-13(15-8)17-14(20)18-7-12(19)16-10-5-3-4-6-11(10)18/h10-11H,3-7H2,1-2H3,(H,16,19)(H,15,17,20)/t10-,11+/m0/s1. The number of urea groups is 1. The first-order valence-electron chi connectivity index (χ1n) is 7.35. The summed E-state index contributed by atoms with van der Waals surface area (Å²) in [6.07, 6.45) is 4.02. The zero-order valence-corrected chi connectivity index (χ0v) is 12.3. The second-order valence-corrected chi connectivity index (χ2v) is 5.74. The molecule has 3 amide bonds. The van der Waals surface area contributed by atoms with Gasteiger partial charge in [-0.15, -0.1) is 0 Å². The summed E-state index contributed by atoms with van der Waals surface area (Å²) in [6.45, 7) is 3.70. The Morgan fingerprint density at radius 2 is 2.14 bits per heavy atom. The molecular formula is C14H20N4O3. The molecule has 21 heavy (non-hydrogen) atoms. The van der Waals surface area contributed by atoms with E-state index in [0.717, 1.165) is 31.4 Å². The number of hydrogen-bond donors (Lipinski definition) is 2. The van der Waals surface area contributed by atoms with Gasteiger partial charge in [0.25, 0.3) is 0 Å². The van der Waals surface area contributed by atoms with E-state index in [-0.39, 0.29) is 36.6 Å². The second kappa shape index (κ2) is 5.38. The maximum Gasteiger partial charge on any atom is 0.326 e. The van der Waals surface area contributed by atoms with Crippen molar-refractivity contribution in [1.29, 1.82) is 0 Å². The Morgan fingerprint density at radius 1 is 1.38 bits per heavy atom. The van der Waals surface area contributed by atoms with Gasteiger partial charge in [-0.2, -0.15) is 4.98 Å². The molecule has 7 nitrogen and oxygen atoms in total. The maximum absolute atomic E-state index is 12.4. The van der Waals surface area contributed by atoms with Crippen LogP contribution in [0.3, 0.4) is 0 Å². The minimum absolute atomic E-state index is 0.0635. The minimum Gasteiger partial charge on any atom is -0.428 e. The van der Waals surface area contributed by atoms with Crippen molar-refractivity contribution in [2.75, 3.05) is 11.9 Å². The van der Waals surface area contributed by atoms with Gasteiger partial charge in [0.2, 0.25) is 5.91 Å². The van der Waals surface area contributed by atoms with E-state index in [1.807, 2.05) is 6.92 Å². The maximum atomic E-state index is 12.4. The van der Waals surface area contributed by atoms with Crippen molar-refractivity contribution in [2.24, 2.45) is 0 Å². The summed E-state index contributed by atoms with van der Waals surface area (Å²) in [5.41, 5.74) is 0.747. The van der Waals surface area contributed by atoms with Gasteiger partial charge < -0.3 is 14.6 Å². The van der Waals surface area contributed by atoms with E-state index in [2.05, 4.69) is 15.6 Å². The van der Waals surface area contributed by atoms with Crippen LogP contribution in [0.15, 0.2) is 4.42 Å². The van der Waals surface area contributed by atoms with Gasteiger partial charge in [0.1, 0.15) is 12.3 Å². The fourth-order valence-electron chi connectivity index (χ4n) is 3.09. The number of rotatable bonds is 1. The van der Waals surface area contributed by atoms with E-state index in [0.29, 0.717) is 5.76 Å². The van der Waals surface area contributed by atoms with Crippen LogP contribution in [0.1, 0.15) is 37.1 Å². The third-order valence-electron chi connectivity index (χ3n) is 4.29. The van der Waals surface area contributed by atoms with Gasteiger partial charge in [-0.05, 0) is 26.7 Å². The number of nitrogens with one attached hydrogen (secondary N) is 2. The van der Waals surface area contributed by atoms with Crippen molar-refractivity contribution in [1.82, 2.24) is 15.2 Å². The molecule has 2 fully saturated rings. The zero-order valence-electron chi connectivity index (χ0n) is 12.3. The SMILES string of the molecule is Cc1nc(NC(=O)N2CC(=O)N[C@H]3CCCC[C@H]32)oc1C. The van der Waals surface area contributed by atoms with Crippen LogP contribution in [-0.2, 0) is 4.79 Å². The first-order valence-corrected chi connectivity index (χ1v) is 7.35. The van der Waals surface area contributed by atoms with Gasteiger partial charge in [0.05, 0.1) is 11.7 Å². The molecule has 2 N–H and O–H groups in total. The first-order chi connectivity index (χ1) is 10.0. The smallest absolute Gasteiger partial charge is 0.326 e.